The van der Waals surface area contributed by atoms with Gasteiger partial charge in [0.05, 0.1) is 6.61 Å². The summed E-state index contributed by atoms with van der Waals surface area (Å²) in [6.07, 6.45) is 5.48. The predicted octanol–water partition coefficient (Wildman–Crippen LogP) is 0.994. The van der Waals surface area contributed by atoms with Crippen molar-refractivity contribution in [3.05, 3.63) is 0 Å². The molecule has 0 radical (unpaired) electrons. The Bertz CT molecular complexity index is 128. The summed E-state index contributed by atoms with van der Waals surface area (Å²) in [5, 5.41) is 9.02. The SMILES string of the molecule is CC(CO)N1C2CCC1CC2. The van der Waals surface area contributed by atoms with Crippen molar-refractivity contribution in [1.29, 1.82) is 0 Å². The van der Waals surface area contributed by atoms with Gasteiger partial charge in [-0.2, -0.15) is 0 Å². The van der Waals surface area contributed by atoms with Crippen molar-refractivity contribution in [2.75, 3.05) is 6.61 Å². The Labute approximate surface area is 68.2 Å². The van der Waals surface area contributed by atoms with Crippen molar-refractivity contribution >= 4 is 0 Å². The first-order valence-electron chi connectivity index (χ1n) is 4.71. The molecule has 1 unspecified atom stereocenters. The Morgan fingerprint density at radius 3 is 2.09 bits per heavy atom. The molecular weight excluding hydrogens is 138 g/mol. The molecule has 0 aliphatic carbocycles. The lowest BCUT2D eigenvalue weighted by atomic mass is 10.0. The van der Waals surface area contributed by atoms with Crippen molar-refractivity contribution in [3.8, 4) is 0 Å². The lowest BCUT2D eigenvalue weighted by Gasteiger charge is -2.27. The van der Waals surface area contributed by atoms with E-state index in [1.807, 2.05) is 0 Å². The van der Waals surface area contributed by atoms with Crippen LogP contribution < -0.4 is 0 Å². The van der Waals surface area contributed by atoms with E-state index in [0.29, 0.717) is 12.6 Å². The highest BCUT2D eigenvalue weighted by Gasteiger charge is 2.41. The van der Waals surface area contributed by atoms with Crippen LogP contribution in [0.1, 0.15) is 32.6 Å². The molecule has 0 aromatic carbocycles. The van der Waals surface area contributed by atoms with Gasteiger partial charge in [-0.1, -0.05) is 0 Å². The topological polar surface area (TPSA) is 23.5 Å². The van der Waals surface area contributed by atoms with Crippen molar-refractivity contribution in [1.82, 2.24) is 4.90 Å². The zero-order chi connectivity index (χ0) is 7.84. The Hall–Kier alpha value is -0.0800. The number of nitrogens with zero attached hydrogens (tertiary/aromatic N) is 1. The zero-order valence-corrected chi connectivity index (χ0v) is 7.16. The maximum absolute atomic E-state index is 9.02. The molecule has 0 amide bonds. The van der Waals surface area contributed by atoms with Gasteiger partial charge in [0, 0.05) is 18.1 Å². The molecule has 2 saturated heterocycles. The van der Waals surface area contributed by atoms with Gasteiger partial charge in [-0.15, -0.1) is 0 Å². The second-order valence-electron chi connectivity index (χ2n) is 3.94. The molecule has 2 heterocycles. The number of aliphatic hydroxyl groups excluding tert-OH is 1. The third-order valence-electron chi connectivity index (χ3n) is 3.28. The molecule has 64 valence electrons. The third kappa shape index (κ3) is 1.09. The van der Waals surface area contributed by atoms with Crippen LogP contribution in [0.2, 0.25) is 0 Å². The zero-order valence-electron chi connectivity index (χ0n) is 7.16. The molecule has 2 aliphatic rings. The smallest absolute Gasteiger partial charge is 0.0584 e. The first-order chi connectivity index (χ1) is 5.33. The van der Waals surface area contributed by atoms with Gasteiger partial charge in [0.15, 0.2) is 0 Å². The summed E-state index contributed by atoms with van der Waals surface area (Å²) >= 11 is 0. The average Bonchev–Trinajstić information content (AvgIpc) is 2.61. The van der Waals surface area contributed by atoms with Gasteiger partial charge in [0.25, 0.3) is 0 Å². The van der Waals surface area contributed by atoms with Crippen LogP contribution in [0.4, 0.5) is 0 Å². The number of rotatable bonds is 2. The molecule has 2 rings (SSSR count). The number of aliphatic hydroxyl groups is 1. The summed E-state index contributed by atoms with van der Waals surface area (Å²) in [5.74, 6) is 0. The molecule has 1 atom stereocenters. The van der Waals surface area contributed by atoms with Gasteiger partial charge in [0.1, 0.15) is 0 Å². The molecule has 2 bridgehead atoms. The van der Waals surface area contributed by atoms with Crippen LogP contribution in [0.5, 0.6) is 0 Å². The van der Waals surface area contributed by atoms with Crippen molar-refractivity contribution in [3.63, 3.8) is 0 Å². The van der Waals surface area contributed by atoms with Gasteiger partial charge >= 0.3 is 0 Å². The van der Waals surface area contributed by atoms with E-state index in [9.17, 15) is 0 Å². The maximum atomic E-state index is 9.02. The molecule has 2 aliphatic heterocycles. The molecule has 0 aromatic heterocycles. The van der Waals surface area contributed by atoms with Crippen molar-refractivity contribution in [2.45, 2.75) is 50.7 Å². The minimum atomic E-state index is 0.326. The summed E-state index contributed by atoms with van der Waals surface area (Å²) in [4.78, 5) is 2.53. The lowest BCUT2D eigenvalue weighted by Crippen LogP contribution is -2.39. The van der Waals surface area contributed by atoms with E-state index < -0.39 is 0 Å². The van der Waals surface area contributed by atoms with Crippen molar-refractivity contribution < 1.29 is 5.11 Å². The normalized spacial score (nSPS) is 39.8. The standard InChI is InChI=1S/C9H17NO/c1-7(6-11)10-8-2-3-9(10)5-4-8/h7-9,11H,2-6H2,1H3. The second-order valence-corrected chi connectivity index (χ2v) is 3.94. The Morgan fingerprint density at radius 2 is 1.73 bits per heavy atom. The lowest BCUT2D eigenvalue weighted by molar-refractivity contribution is 0.120. The second kappa shape index (κ2) is 2.76. The van der Waals surface area contributed by atoms with Crippen LogP contribution in [-0.4, -0.2) is 34.7 Å². The van der Waals surface area contributed by atoms with Crippen LogP contribution in [-0.2, 0) is 0 Å². The summed E-state index contributed by atoms with van der Waals surface area (Å²) in [6.45, 7) is 2.46. The van der Waals surface area contributed by atoms with Gasteiger partial charge in [-0.25, -0.2) is 0 Å². The third-order valence-corrected chi connectivity index (χ3v) is 3.28. The van der Waals surface area contributed by atoms with Gasteiger partial charge in [0.2, 0.25) is 0 Å². The molecule has 0 spiro atoms. The minimum absolute atomic E-state index is 0.326. The van der Waals surface area contributed by atoms with E-state index >= 15 is 0 Å². The highest BCUT2D eigenvalue weighted by atomic mass is 16.3. The van der Waals surface area contributed by atoms with E-state index in [1.54, 1.807) is 0 Å². The summed E-state index contributed by atoms with van der Waals surface area (Å²) < 4.78 is 0. The fraction of sp³-hybridized carbons (Fsp3) is 1.00. The highest BCUT2D eigenvalue weighted by Crippen LogP contribution is 2.38. The first-order valence-corrected chi connectivity index (χ1v) is 4.71. The maximum Gasteiger partial charge on any atom is 0.0584 e. The Morgan fingerprint density at radius 1 is 1.27 bits per heavy atom. The summed E-state index contributed by atoms with van der Waals surface area (Å²) in [5.41, 5.74) is 0. The Kier molecular flexibility index (Phi) is 1.90. The minimum Gasteiger partial charge on any atom is -0.395 e. The van der Waals surface area contributed by atoms with Crippen LogP contribution in [0, 0.1) is 0 Å². The van der Waals surface area contributed by atoms with E-state index in [0.717, 1.165) is 12.1 Å². The van der Waals surface area contributed by atoms with Crippen LogP contribution in [0.15, 0.2) is 0 Å². The summed E-state index contributed by atoms with van der Waals surface area (Å²) in [7, 11) is 0. The molecular formula is C9H17NO. The van der Waals surface area contributed by atoms with Crippen LogP contribution >= 0.6 is 0 Å². The quantitative estimate of drug-likeness (QED) is 0.643. The largest absolute Gasteiger partial charge is 0.395 e. The number of fused-ring (bicyclic) bond motifs is 2. The Balaban J connectivity index is 2.03. The van der Waals surface area contributed by atoms with Gasteiger partial charge in [-0.3, -0.25) is 4.90 Å². The number of hydrogen-bond acceptors (Lipinski definition) is 2. The van der Waals surface area contributed by atoms with Gasteiger partial charge < -0.3 is 5.11 Å². The molecule has 2 nitrogen and oxygen atoms in total. The molecule has 1 N–H and O–H groups in total. The van der Waals surface area contributed by atoms with E-state index in [4.69, 9.17) is 5.11 Å². The molecule has 2 heteroatoms. The van der Waals surface area contributed by atoms with Crippen LogP contribution in [0.3, 0.4) is 0 Å². The van der Waals surface area contributed by atoms with E-state index in [-0.39, 0.29) is 0 Å². The van der Waals surface area contributed by atoms with Gasteiger partial charge in [-0.05, 0) is 32.6 Å². The fourth-order valence-electron chi connectivity index (χ4n) is 2.77. The average molecular weight is 155 g/mol. The van der Waals surface area contributed by atoms with E-state index in [2.05, 4.69) is 11.8 Å². The fourth-order valence-corrected chi connectivity index (χ4v) is 2.77. The molecule has 11 heavy (non-hydrogen) atoms. The number of hydrogen-bond donors (Lipinski definition) is 1. The monoisotopic (exact) mass is 155 g/mol. The highest BCUT2D eigenvalue weighted by molar-refractivity contribution is 4.96. The van der Waals surface area contributed by atoms with Crippen molar-refractivity contribution in [2.24, 2.45) is 0 Å². The molecule has 2 fully saturated rings. The molecule has 0 saturated carbocycles. The summed E-state index contributed by atoms with van der Waals surface area (Å²) in [6, 6.07) is 2.01. The van der Waals surface area contributed by atoms with E-state index in [1.165, 1.54) is 25.7 Å². The first kappa shape index (κ1) is 7.56. The van der Waals surface area contributed by atoms with Crippen LogP contribution in [0.25, 0.3) is 0 Å². The predicted molar refractivity (Wildman–Crippen MR) is 44.4 cm³/mol. The molecule has 0 aromatic rings.